The van der Waals surface area contributed by atoms with Gasteiger partial charge in [-0.05, 0) is 37.4 Å². The standard InChI is InChI=1S/C21H26F3NO3.ClH/c1-5-25(6-2)13-20(3,4)14-27-19(26)18-12-11-17(28-18)15-7-9-16(10-8-15)21(22,23)24;/h7-12H,5-6,13-14H2,1-4H3;1H. The van der Waals surface area contributed by atoms with Crippen molar-refractivity contribution in [2.75, 3.05) is 26.2 Å². The average molecular weight is 434 g/mol. The fraction of sp³-hybridized carbons (Fsp3) is 0.476. The van der Waals surface area contributed by atoms with Crippen LogP contribution in [0, 0.1) is 5.41 Å². The van der Waals surface area contributed by atoms with Crippen LogP contribution in [0.4, 0.5) is 13.2 Å². The first-order valence-corrected chi connectivity index (χ1v) is 9.22. The number of carbonyl (C=O) groups is 1. The van der Waals surface area contributed by atoms with Gasteiger partial charge in [-0.1, -0.05) is 39.8 Å². The van der Waals surface area contributed by atoms with Crippen LogP contribution in [0.25, 0.3) is 11.3 Å². The van der Waals surface area contributed by atoms with Crippen LogP contribution in [0.2, 0.25) is 0 Å². The maximum Gasteiger partial charge on any atom is 0.416 e. The van der Waals surface area contributed by atoms with Crippen molar-refractivity contribution < 1.29 is 27.1 Å². The molecular weight excluding hydrogens is 407 g/mol. The molecule has 2 rings (SSSR count). The van der Waals surface area contributed by atoms with Crippen molar-refractivity contribution in [3.05, 3.63) is 47.7 Å². The highest BCUT2D eigenvalue weighted by molar-refractivity contribution is 5.87. The first-order valence-electron chi connectivity index (χ1n) is 9.22. The van der Waals surface area contributed by atoms with Gasteiger partial charge in [-0.15, -0.1) is 12.4 Å². The molecule has 0 saturated heterocycles. The van der Waals surface area contributed by atoms with Crippen LogP contribution >= 0.6 is 12.4 Å². The number of alkyl halides is 3. The maximum absolute atomic E-state index is 12.6. The van der Waals surface area contributed by atoms with Gasteiger partial charge in [0.2, 0.25) is 5.76 Å². The van der Waals surface area contributed by atoms with Crippen molar-refractivity contribution in [1.29, 1.82) is 0 Å². The van der Waals surface area contributed by atoms with E-state index in [4.69, 9.17) is 9.15 Å². The van der Waals surface area contributed by atoms with Gasteiger partial charge in [-0.2, -0.15) is 13.2 Å². The van der Waals surface area contributed by atoms with Crippen LogP contribution in [-0.4, -0.2) is 37.1 Å². The molecule has 0 aliphatic rings. The summed E-state index contributed by atoms with van der Waals surface area (Å²) in [5.41, 5.74) is -0.503. The number of ether oxygens (including phenoxy) is 1. The fourth-order valence-corrected chi connectivity index (χ4v) is 2.86. The molecule has 1 aromatic carbocycles. The van der Waals surface area contributed by atoms with E-state index in [0.29, 0.717) is 11.3 Å². The SMILES string of the molecule is CCN(CC)CC(C)(C)COC(=O)c1ccc(-c2ccc(C(F)(F)F)cc2)o1.Cl. The number of benzene rings is 1. The summed E-state index contributed by atoms with van der Waals surface area (Å²) in [6, 6.07) is 7.58. The Kier molecular flexibility index (Phi) is 8.78. The molecule has 1 heterocycles. The molecule has 0 unspecified atom stereocenters. The molecule has 0 saturated carbocycles. The fourth-order valence-electron chi connectivity index (χ4n) is 2.86. The van der Waals surface area contributed by atoms with E-state index in [1.54, 1.807) is 6.07 Å². The number of nitrogens with zero attached hydrogens (tertiary/aromatic N) is 1. The predicted octanol–water partition coefficient (Wildman–Crippen LogP) is 5.91. The zero-order valence-corrected chi connectivity index (χ0v) is 17.8. The van der Waals surface area contributed by atoms with Gasteiger partial charge in [-0.25, -0.2) is 4.79 Å². The monoisotopic (exact) mass is 433 g/mol. The zero-order valence-electron chi connectivity index (χ0n) is 17.0. The molecule has 2 aromatic rings. The number of carbonyl (C=O) groups excluding carboxylic acids is 1. The molecule has 0 N–H and O–H groups in total. The molecule has 0 amide bonds. The Balaban J connectivity index is 0.00000420. The second-order valence-corrected chi connectivity index (χ2v) is 7.44. The molecule has 0 radical (unpaired) electrons. The van der Waals surface area contributed by atoms with E-state index in [1.165, 1.54) is 18.2 Å². The lowest BCUT2D eigenvalue weighted by Gasteiger charge is -2.30. The van der Waals surface area contributed by atoms with Gasteiger partial charge in [0.1, 0.15) is 5.76 Å². The number of hydrogen-bond acceptors (Lipinski definition) is 4. The molecule has 0 aliphatic heterocycles. The third-order valence-corrected chi connectivity index (χ3v) is 4.44. The van der Waals surface area contributed by atoms with Gasteiger partial charge in [0.25, 0.3) is 0 Å². The van der Waals surface area contributed by atoms with E-state index in [1.807, 2.05) is 13.8 Å². The Morgan fingerprint density at radius 3 is 2.14 bits per heavy atom. The molecule has 8 heteroatoms. The van der Waals surface area contributed by atoms with Crippen LogP contribution in [0.5, 0.6) is 0 Å². The molecule has 1 aromatic heterocycles. The molecule has 0 fully saturated rings. The number of hydrogen-bond donors (Lipinski definition) is 0. The Morgan fingerprint density at radius 1 is 1.03 bits per heavy atom. The van der Waals surface area contributed by atoms with Gasteiger partial charge in [0.05, 0.1) is 12.2 Å². The van der Waals surface area contributed by atoms with Gasteiger partial charge < -0.3 is 14.1 Å². The molecule has 4 nitrogen and oxygen atoms in total. The molecule has 29 heavy (non-hydrogen) atoms. The van der Waals surface area contributed by atoms with E-state index in [2.05, 4.69) is 18.7 Å². The van der Waals surface area contributed by atoms with Gasteiger partial charge in [0.15, 0.2) is 0 Å². The lowest BCUT2D eigenvalue weighted by atomic mass is 9.94. The summed E-state index contributed by atoms with van der Waals surface area (Å²) in [6.07, 6.45) is -4.39. The van der Waals surface area contributed by atoms with Crippen LogP contribution in [0.15, 0.2) is 40.8 Å². The van der Waals surface area contributed by atoms with E-state index >= 15 is 0 Å². The van der Waals surface area contributed by atoms with E-state index in [0.717, 1.165) is 31.8 Å². The van der Waals surface area contributed by atoms with Crippen LogP contribution in [0.1, 0.15) is 43.8 Å². The lowest BCUT2D eigenvalue weighted by Crippen LogP contribution is -2.37. The summed E-state index contributed by atoms with van der Waals surface area (Å²) in [7, 11) is 0. The number of furan rings is 1. The summed E-state index contributed by atoms with van der Waals surface area (Å²) in [5, 5.41) is 0. The van der Waals surface area contributed by atoms with Crippen molar-refractivity contribution >= 4 is 18.4 Å². The second kappa shape index (κ2) is 10.2. The van der Waals surface area contributed by atoms with Crippen LogP contribution in [-0.2, 0) is 10.9 Å². The zero-order chi connectivity index (χ0) is 20.9. The quantitative estimate of drug-likeness (QED) is 0.485. The van der Waals surface area contributed by atoms with Crippen LogP contribution < -0.4 is 0 Å². The van der Waals surface area contributed by atoms with Gasteiger partial charge in [0, 0.05) is 17.5 Å². The third-order valence-electron chi connectivity index (χ3n) is 4.44. The topological polar surface area (TPSA) is 42.7 Å². The Labute approximate surface area is 175 Å². The molecule has 0 bridgehead atoms. The van der Waals surface area contributed by atoms with Gasteiger partial charge >= 0.3 is 12.1 Å². The summed E-state index contributed by atoms with van der Waals surface area (Å²) < 4.78 is 48.8. The van der Waals surface area contributed by atoms with Crippen molar-refractivity contribution in [2.24, 2.45) is 5.41 Å². The normalized spacial score (nSPS) is 12.0. The van der Waals surface area contributed by atoms with Crippen molar-refractivity contribution in [2.45, 2.75) is 33.9 Å². The Hall–Kier alpha value is -1.99. The van der Waals surface area contributed by atoms with Gasteiger partial charge in [-0.3, -0.25) is 0 Å². The van der Waals surface area contributed by atoms with Crippen LogP contribution in [0.3, 0.4) is 0 Å². The van der Waals surface area contributed by atoms with E-state index in [9.17, 15) is 18.0 Å². The van der Waals surface area contributed by atoms with Crippen molar-refractivity contribution in [3.8, 4) is 11.3 Å². The molecule has 0 aliphatic carbocycles. The first kappa shape index (κ1) is 25.0. The summed E-state index contributed by atoms with van der Waals surface area (Å²) in [5.74, 6) is -0.262. The summed E-state index contributed by atoms with van der Waals surface area (Å²) >= 11 is 0. The highest BCUT2D eigenvalue weighted by Crippen LogP contribution is 2.31. The molecular formula is C21H27ClF3NO3. The highest BCUT2D eigenvalue weighted by Gasteiger charge is 2.30. The van der Waals surface area contributed by atoms with E-state index in [-0.39, 0.29) is 30.2 Å². The van der Waals surface area contributed by atoms with E-state index < -0.39 is 17.7 Å². The molecule has 0 atom stereocenters. The lowest BCUT2D eigenvalue weighted by molar-refractivity contribution is -0.137. The average Bonchev–Trinajstić information content (AvgIpc) is 3.14. The first-order chi connectivity index (χ1) is 13.1. The van der Waals surface area contributed by atoms with Crippen molar-refractivity contribution in [3.63, 3.8) is 0 Å². The predicted molar refractivity (Wildman–Crippen MR) is 108 cm³/mol. The third kappa shape index (κ3) is 7.08. The Morgan fingerprint density at radius 2 is 1.62 bits per heavy atom. The minimum atomic E-state index is -4.39. The maximum atomic E-state index is 12.6. The number of rotatable bonds is 8. The second-order valence-electron chi connectivity index (χ2n) is 7.44. The smallest absolute Gasteiger partial charge is 0.416 e. The largest absolute Gasteiger partial charge is 0.459 e. The number of esters is 1. The minimum Gasteiger partial charge on any atom is -0.459 e. The molecule has 0 spiro atoms. The van der Waals surface area contributed by atoms with Crippen molar-refractivity contribution in [1.82, 2.24) is 4.90 Å². The minimum absolute atomic E-state index is 0. The summed E-state index contributed by atoms with van der Waals surface area (Å²) in [6.45, 7) is 11.1. The molecule has 162 valence electrons. The summed E-state index contributed by atoms with van der Waals surface area (Å²) in [4.78, 5) is 14.5. The Bertz CT molecular complexity index is 781. The highest BCUT2D eigenvalue weighted by atomic mass is 35.5. The number of halogens is 4.